The summed E-state index contributed by atoms with van der Waals surface area (Å²) in [7, 11) is 0. The van der Waals surface area contributed by atoms with Crippen molar-refractivity contribution >= 4 is 5.69 Å². The maximum atomic E-state index is 3.65. The molecule has 1 nitrogen and oxygen atoms in total. The normalized spacial score (nSPS) is 17.2. The van der Waals surface area contributed by atoms with Gasteiger partial charge in [0.1, 0.15) is 0 Å². The van der Waals surface area contributed by atoms with Crippen LogP contribution in [0.3, 0.4) is 0 Å². The van der Waals surface area contributed by atoms with E-state index in [0.717, 1.165) is 0 Å². The first-order valence-electron chi connectivity index (χ1n) is 6.22. The van der Waals surface area contributed by atoms with Crippen LogP contribution >= 0.6 is 0 Å². The van der Waals surface area contributed by atoms with Crippen LogP contribution in [0.15, 0.2) is 48.5 Å². The molecule has 0 aromatic heterocycles. The van der Waals surface area contributed by atoms with Crippen LogP contribution in [-0.2, 0) is 0 Å². The summed E-state index contributed by atoms with van der Waals surface area (Å²) in [6.45, 7) is 4.53. The Morgan fingerprint density at radius 1 is 0.882 bits per heavy atom. The van der Waals surface area contributed by atoms with Crippen LogP contribution in [0.5, 0.6) is 0 Å². The molecule has 0 fully saturated rings. The number of nitrogens with one attached hydrogen (secondary N) is 1. The first-order valence-corrected chi connectivity index (χ1v) is 6.22. The van der Waals surface area contributed by atoms with Crippen LogP contribution in [0, 0.1) is 5.92 Å². The van der Waals surface area contributed by atoms with Crippen molar-refractivity contribution in [1.82, 2.24) is 0 Å². The molecule has 1 N–H and O–H groups in total. The maximum Gasteiger partial charge on any atom is 0.0543 e. The standard InChI is InChI=1S/C16H17N/c1-11(2)16-14-9-4-3-7-12(14)13-8-5-6-10-15(13)17-16/h3-11,16-17H,1-2H3. The summed E-state index contributed by atoms with van der Waals surface area (Å²) in [6.07, 6.45) is 0. The van der Waals surface area contributed by atoms with E-state index in [9.17, 15) is 0 Å². The molecule has 3 rings (SSSR count). The second-order valence-electron chi connectivity index (χ2n) is 5.00. The maximum absolute atomic E-state index is 3.65. The van der Waals surface area contributed by atoms with Crippen molar-refractivity contribution in [3.8, 4) is 11.1 Å². The number of hydrogen-bond acceptors (Lipinski definition) is 1. The molecule has 86 valence electrons. The van der Waals surface area contributed by atoms with E-state index in [1.165, 1.54) is 22.4 Å². The Labute approximate surface area is 102 Å². The summed E-state index contributed by atoms with van der Waals surface area (Å²) in [4.78, 5) is 0. The topological polar surface area (TPSA) is 12.0 Å². The third-order valence-corrected chi connectivity index (χ3v) is 3.49. The van der Waals surface area contributed by atoms with Crippen LogP contribution < -0.4 is 5.32 Å². The van der Waals surface area contributed by atoms with Crippen LogP contribution in [0.25, 0.3) is 11.1 Å². The lowest BCUT2D eigenvalue weighted by molar-refractivity contribution is 0.545. The van der Waals surface area contributed by atoms with Gasteiger partial charge in [0.25, 0.3) is 0 Å². The Morgan fingerprint density at radius 3 is 2.29 bits per heavy atom. The molecule has 0 saturated heterocycles. The monoisotopic (exact) mass is 223 g/mol. The van der Waals surface area contributed by atoms with E-state index in [2.05, 4.69) is 67.7 Å². The van der Waals surface area contributed by atoms with Gasteiger partial charge in [-0.15, -0.1) is 0 Å². The van der Waals surface area contributed by atoms with Gasteiger partial charge < -0.3 is 5.32 Å². The van der Waals surface area contributed by atoms with Crippen LogP contribution in [0.1, 0.15) is 25.5 Å². The Hall–Kier alpha value is -1.76. The largest absolute Gasteiger partial charge is 0.377 e. The van der Waals surface area contributed by atoms with E-state index in [0.29, 0.717) is 12.0 Å². The fraction of sp³-hybridized carbons (Fsp3) is 0.250. The second kappa shape index (κ2) is 3.92. The zero-order valence-corrected chi connectivity index (χ0v) is 10.3. The van der Waals surface area contributed by atoms with Gasteiger partial charge in [0, 0.05) is 11.3 Å². The van der Waals surface area contributed by atoms with Crippen molar-refractivity contribution in [3.63, 3.8) is 0 Å². The highest BCUT2D eigenvalue weighted by Crippen LogP contribution is 2.42. The molecule has 0 amide bonds. The molecule has 0 bridgehead atoms. The quantitative estimate of drug-likeness (QED) is 0.751. The van der Waals surface area contributed by atoms with Gasteiger partial charge in [0.2, 0.25) is 0 Å². The van der Waals surface area contributed by atoms with Gasteiger partial charge >= 0.3 is 0 Å². The minimum Gasteiger partial charge on any atom is -0.377 e. The van der Waals surface area contributed by atoms with Crippen molar-refractivity contribution in [3.05, 3.63) is 54.1 Å². The van der Waals surface area contributed by atoms with Gasteiger partial charge in [-0.3, -0.25) is 0 Å². The molecule has 0 radical (unpaired) electrons. The molecule has 1 heterocycles. The highest BCUT2D eigenvalue weighted by molar-refractivity contribution is 5.83. The molecular weight excluding hydrogens is 206 g/mol. The molecule has 0 spiro atoms. The molecule has 2 aromatic rings. The summed E-state index contributed by atoms with van der Waals surface area (Å²) < 4.78 is 0. The number of fused-ring (bicyclic) bond motifs is 3. The summed E-state index contributed by atoms with van der Waals surface area (Å²) in [6, 6.07) is 17.7. The van der Waals surface area contributed by atoms with Gasteiger partial charge in [-0.05, 0) is 23.1 Å². The Bertz CT molecular complexity index is 543. The lowest BCUT2D eigenvalue weighted by Gasteiger charge is -2.32. The SMILES string of the molecule is CC(C)C1Nc2ccccc2-c2ccccc21. The molecular formula is C16H17N. The number of benzene rings is 2. The fourth-order valence-electron chi connectivity index (χ4n) is 2.63. The molecule has 0 saturated carbocycles. The van der Waals surface area contributed by atoms with Crippen LogP contribution in [0.4, 0.5) is 5.69 Å². The highest BCUT2D eigenvalue weighted by atomic mass is 14.9. The predicted octanol–water partition coefficient (Wildman–Crippen LogP) is 4.48. The molecule has 1 unspecified atom stereocenters. The number of para-hydroxylation sites is 1. The Kier molecular flexibility index (Phi) is 2.40. The van der Waals surface area contributed by atoms with Gasteiger partial charge in [-0.2, -0.15) is 0 Å². The van der Waals surface area contributed by atoms with Gasteiger partial charge in [-0.25, -0.2) is 0 Å². The molecule has 1 heteroatoms. The van der Waals surface area contributed by atoms with Crippen LogP contribution in [0.2, 0.25) is 0 Å². The lowest BCUT2D eigenvalue weighted by Crippen LogP contribution is -2.21. The van der Waals surface area contributed by atoms with Gasteiger partial charge in [-0.1, -0.05) is 56.3 Å². The zero-order chi connectivity index (χ0) is 11.8. The average Bonchev–Trinajstić information content (AvgIpc) is 2.37. The third-order valence-electron chi connectivity index (χ3n) is 3.49. The number of hydrogen-bond donors (Lipinski definition) is 1. The summed E-state index contributed by atoms with van der Waals surface area (Å²) in [5, 5.41) is 3.65. The summed E-state index contributed by atoms with van der Waals surface area (Å²) in [5.74, 6) is 0.588. The average molecular weight is 223 g/mol. The molecule has 2 aromatic carbocycles. The number of anilines is 1. The van der Waals surface area contributed by atoms with E-state index in [1.54, 1.807) is 0 Å². The highest BCUT2D eigenvalue weighted by Gasteiger charge is 2.25. The van der Waals surface area contributed by atoms with E-state index >= 15 is 0 Å². The van der Waals surface area contributed by atoms with Crippen molar-refractivity contribution in [2.45, 2.75) is 19.9 Å². The first kappa shape index (κ1) is 10.4. The third kappa shape index (κ3) is 1.62. The van der Waals surface area contributed by atoms with Crippen molar-refractivity contribution in [2.75, 3.05) is 5.32 Å². The first-order chi connectivity index (χ1) is 8.27. The molecule has 1 aliphatic heterocycles. The summed E-state index contributed by atoms with van der Waals surface area (Å²) in [5.41, 5.74) is 5.37. The zero-order valence-electron chi connectivity index (χ0n) is 10.3. The molecule has 0 aliphatic carbocycles. The lowest BCUT2D eigenvalue weighted by atomic mass is 9.85. The summed E-state index contributed by atoms with van der Waals surface area (Å²) >= 11 is 0. The smallest absolute Gasteiger partial charge is 0.0543 e. The second-order valence-corrected chi connectivity index (χ2v) is 5.00. The molecule has 1 aliphatic rings. The fourth-order valence-corrected chi connectivity index (χ4v) is 2.63. The van der Waals surface area contributed by atoms with E-state index in [-0.39, 0.29) is 0 Å². The van der Waals surface area contributed by atoms with Crippen molar-refractivity contribution in [1.29, 1.82) is 0 Å². The Balaban J connectivity index is 2.22. The minimum atomic E-state index is 0.418. The van der Waals surface area contributed by atoms with E-state index < -0.39 is 0 Å². The molecule has 17 heavy (non-hydrogen) atoms. The van der Waals surface area contributed by atoms with Gasteiger partial charge in [0.05, 0.1) is 6.04 Å². The molecule has 1 atom stereocenters. The van der Waals surface area contributed by atoms with E-state index in [4.69, 9.17) is 0 Å². The van der Waals surface area contributed by atoms with Crippen LogP contribution in [-0.4, -0.2) is 0 Å². The van der Waals surface area contributed by atoms with E-state index in [1.807, 2.05) is 0 Å². The van der Waals surface area contributed by atoms with Crippen molar-refractivity contribution in [2.24, 2.45) is 5.92 Å². The van der Waals surface area contributed by atoms with Gasteiger partial charge in [0.15, 0.2) is 0 Å². The minimum absolute atomic E-state index is 0.418. The van der Waals surface area contributed by atoms with Crippen molar-refractivity contribution < 1.29 is 0 Å². The Morgan fingerprint density at radius 2 is 1.53 bits per heavy atom. The number of rotatable bonds is 1. The predicted molar refractivity (Wildman–Crippen MR) is 73.1 cm³/mol.